The van der Waals surface area contributed by atoms with E-state index in [0.717, 1.165) is 4.57 Å². The van der Waals surface area contributed by atoms with Crippen molar-refractivity contribution in [2.24, 2.45) is 0 Å². The number of halogens is 4. The number of aromatic nitrogens is 2. The third-order valence-electron chi connectivity index (χ3n) is 2.87. The summed E-state index contributed by atoms with van der Waals surface area (Å²) in [6.07, 6.45) is -5.43. The van der Waals surface area contributed by atoms with E-state index in [9.17, 15) is 18.0 Å². The van der Waals surface area contributed by atoms with Gasteiger partial charge in [0.2, 0.25) is 0 Å². The van der Waals surface area contributed by atoms with Gasteiger partial charge in [0.25, 0.3) is 5.56 Å². The molecule has 2 aromatic rings. The Morgan fingerprint density at radius 1 is 1.35 bits per heavy atom. The number of fused-ring (bicyclic) bond motifs is 1. The van der Waals surface area contributed by atoms with Crippen LogP contribution in [-0.2, 0) is 6.54 Å². The van der Waals surface area contributed by atoms with Crippen LogP contribution in [0.15, 0.2) is 29.1 Å². The van der Waals surface area contributed by atoms with Crippen LogP contribution in [-0.4, -0.2) is 15.7 Å². The lowest BCUT2D eigenvalue weighted by molar-refractivity contribution is -0.136. The van der Waals surface area contributed by atoms with Crippen molar-refractivity contribution in [3.8, 4) is 0 Å². The van der Waals surface area contributed by atoms with Gasteiger partial charge in [-0.25, -0.2) is 4.98 Å². The van der Waals surface area contributed by atoms with Crippen molar-refractivity contribution in [1.82, 2.24) is 9.55 Å². The second kappa shape index (κ2) is 5.44. The van der Waals surface area contributed by atoms with E-state index < -0.39 is 30.1 Å². The summed E-state index contributed by atoms with van der Waals surface area (Å²) in [4.78, 5) is 16.5. The zero-order chi connectivity index (χ0) is 14.9. The highest BCUT2D eigenvalue weighted by atomic mass is 35.5. The average molecular weight is 305 g/mol. The topological polar surface area (TPSA) is 34.9 Å². The molecule has 0 bridgehead atoms. The number of alkyl halides is 4. The van der Waals surface area contributed by atoms with Gasteiger partial charge in [-0.05, 0) is 19.1 Å². The molecule has 0 aliphatic heterocycles. The summed E-state index contributed by atoms with van der Waals surface area (Å²) in [6, 6.07) is 6.52. The highest BCUT2D eigenvalue weighted by Crippen LogP contribution is 2.23. The number of para-hydroxylation sites is 1. The van der Waals surface area contributed by atoms with E-state index in [0.29, 0.717) is 5.52 Å². The Morgan fingerprint density at radius 2 is 2.00 bits per heavy atom. The van der Waals surface area contributed by atoms with Gasteiger partial charge in [0.15, 0.2) is 0 Å². The molecule has 7 heteroatoms. The van der Waals surface area contributed by atoms with Gasteiger partial charge in [0.1, 0.15) is 5.82 Å². The first-order chi connectivity index (χ1) is 9.29. The van der Waals surface area contributed by atoms with Gasteiger partial charge in [-0.3, -0.25) is 9.36 Å². The van der Waals surface area contributed by atoms with E-state index in [2.05, 4.69) is 4.98 Å². The largest absolute Gasteiger partial charge is 0.390 e. The molecule has 0 N–H and O–H groups in total. The zero-order valence-corrected chi connectivity index (χ0v) is 11.4. The first-order valence-electron chi connectivity index (χ1n) is 6.00. The van der Waals surface area contributed by atoms with Gasteiger partial charge in [0, 0.05) is 6.54 Å². The zero-order valence-electron chi connectivity index (χ0n) is 10.6. The Bertz CT molecular complexity index is 679. The van der Waals surface area contributed by atoms with Crippen LogP contribution in [0.2, 0.25) is 0 Å². The van der Waals surface area contributed by atoms with Crippen molar-refractivity contribution in [3.05, 3.63) is 40.4 Å². The maximum atomic E-state index is 12.4. The highest BCUT2D eigenvalue weighted by molar-refractivity contribution is 6.20. The summed E-state index contributed by atoms with van der Waals surface area (Å²) >= 11 is 5.93. The number of benzene rings is 1. The third kappa shape index (κ3) is 3.12. The van der Waals surface area contributed by atoms with Crippen LogP contribution in [0.3, 0.4) is 0 Å². The lowest BCUT2D eigenvalue weighted by Crippen LogP contribution is -2.28. The first-order valence-corrected chi connectivity index (χ1v) is 6.43. The molecule has 3 nitrogen and oxygen atoms in total. The molecule has 1 atom stereocenters. The number of rotatable bonds is 3. The Balaban J connectivity index is 2.58. The smallest absolute Gasteiger partial charge is 0.295 e. The fourth-order valence-corrected chi connectivity index (χ4v) is 2.11. The number of hydrogen-bond donors (Lipinski definition) is 0. The van der Waals surface area contributed by atoms with Gasteiger partial charge in [-0.15, -0.1) is 11.6 Å². The minimum absolute atomic E-state index is 0.152. The molecular weight excluding hydrogens is 293 g/mol. The first kappa shape index (κ1) is 14.8. The van der Waals surface area contributed by atoms with Crippen LogP contribution >= 0.6 is 11.6 Å². The summed E-state index contributed by atoms with van der Waals surface area (Å²) in [5.41, 5.74) is -0.0643. The monoisotopic (exact) mass is 304 g/mol. The van der Waals surface area contributed by atoms with Crippen molar-refractivity contribution in [2.45, 2.75) is 31.4 Å². The van der Waals surface area contributed by atoms with E-state index in [1.54, 1.807) is 25.1 Å². The van der Waals surface area contributed by atoms with Gasteiger partial charge >= 0.3 is 6.18 Å². The molecule has 20 heavy (non-hydrogen) atoms. The van der Waals surface area contributed by atoms with Crippen molar-refractivity contribution < 1.29 is 13.2 Å². The fraction of sp³-hybridized carbons (Fsp3) is 0.385. The second-order valence-corrected chi connectivity index (χ2v) is 5.08. The Hall–Kier alpha value is -1.56. The minimum atomic E-state index is -4.34. The predicted octanol–water partition coefficient (Wildman–Crippen LogP) is 3.65. The SMILES string of the molecule is CC(Cl)c1nc2ccccc2c(=O)n1CCC(F)(F)F. The molecule has 1 unspecified atom stereocenters. The van der Waals surface area contributed by atoms with Crippen LogP contribution in [0.4, 0.5) is 13.2 Å². The molecule has 0 radical (unpaired) electrons. The van der Waals surface area contributed by atoms with Crippen molar-refractivity contribution in [2.75, 3.05) is 0 Å². The molecule has 0 saturated carbocycles. The summed E-state index contributed by atoms with van der Waals surface area (Å²) in [7, 11) is 0. The van der Waals surface area contributed by atoms with Crippen LogP contribution in [0.5, 0.6) is 0 Å². The predicted molar refractivity (Wildman–Crippen MR) is 70.9 cm³/mol. The summed E-state index contributed by atoms with van der Waals surface area (Å²) in [5.74, 6) is 0.152. The standard InChI is InChI=1S/C13H12ClF3N2O/c1-8(14)11-18-10-5-3-2-4-9(10)12(20)19(11)7-6-13(15,16)17/h2-5,8H,6-7H2,1H3. The summed E-state index contributed by atoms with van der Waals surface area (Å²) in [6.45, 7) is 1.09. The van der Waals surface area contributed by atoms with E-state index in [-0.39, 0.29) is 11.2 Å². The second-order valence-electron chi connectivity index (χ2n) is 4.43. The van der Waals surface area contributed by atoms with Gasteiger partial charge in [-0.2, -0.15) is 13.2 Å². The van der Waals surface area contributed by atoms with Crippen LogP contribution in [0.1, 0.15) is 24.5 Å². The van der Waals surface area contributed by atoms with E-state index in [1.807, 2.05) is 0 Å². The molecule has 0 aliphatic carbocycles. The molecular formula is C13H12ClF3N2O. The molecule has 2 rings (SSSR count). The highest BCUT2D eigenvalue weighted by Gasteiger charge is 2.28. The molecule has 0 saturated heterocycles. The summed E-state index contributed by atoms with van der Waals surface area (Å²) in [5, 5.41) is -0.365. The molecule has 0 amide bonds. The Morgan fingerprint density at radius 3 is 2.60 bits per heavy atom. The molecule has 1 aromatic carbocycles. The quantitative estimate of drug-likeness (QED) is 0.811. The minimum Gasteiger partial charge on any atom is -0.295 e. The van der Waals surface area contributed by atoms with Crippen molar-refractivity contribution in [3.63, 3.8) is 0 Å². The van der Waals surface area contributed by atoms with Crippen LogP contribution in [0, 0.1) is 0 Å². The van der Waals surface area contributed by atoms with E-state index in [4.69, 9.17) is 11.6 Å². The average Bonchev–Trinajstić information content (AvgIpc) is 2.36. The van der Waals surface area contributed by atoms with E-state index in [1.165, 1.54) is 6.07 Å². The third-order valence-corrected chi connectivity index (χ3v) is 3.06. The Labute approximate surface area is 118 Å². The summed E-state index contributed by atoms with van der Waals surface area (Å²) < 4.78 is 38.1. The van der Waals surface area contributed by atoms with Gasteiger partial charge < -0.3 is 0 Å². The van der Waals surface area contributed by atoms with Gasteiger partial charge in [0.05, 0.1) is 22.7 Å². The number of hydrogen-bond acceptors (Lipinski definition) is 2. The van der Waals surface area contributed by atoms with Crippen molar-refractivity contribution in [1.29, 1.82) is 0 Å². The lowest BCUT2D eigenvalue weighted by Gasteiger charge is -2.15. The van der Waals surface area contributed by atoms with Gasteiger partial charge in [-0.1, -0.05) is 12.1 Å². The molecule has 0 spiro atoms. The molecule has 108 valence electrons. The van der Waals surface area contributed by atoms with Crippen LogP contribution < -0.4 is 5.56 Å². The fourth-order valence-electron chi connectivity index (χ4n) is 1.94. The van der Waals surface area contributed by atoms with Crippen LogP contribution in [0.25, 0.3) is 10.9 Å². The lowest BCUT2D eigenvalue weighted by atomic mass is 10.2. The molecule has 1 aromatic heterocycles. The maximum absolute atomic E-state index is 12.4. The van der Waals surface area contributed by atoms with Crippen molar-refractivity contribution >= 4 is 22.5 Å². The number of nitrogens with zero attached hydrogens (tertiary/aromatic N) is 2. The normalized spacial score (nSPS) is 13.7. The molecule has 0 fully saturated rings. The molecule has 0 aliphatic rings. The Kier molecular flexibility index (Phi) is 4.04. The molecule has 1 heterocycles. The van der Waals surface area contributed by atoms with E-state index >= 15 is 0 Å². The maximum Gasteiger partial charge on any atom is 0.390 e.